The van der Waals surface area contributed by atoms with Crippen LogP contribution in [-0.4, -0.2) is 34.2 Å². The van der Waals surface area contributed by atoms with Gasteiger partial charge >= 0.3 is 0 Å². The van der Waals surface area contributed by atoms with Crippen LogP contribution in [0.25, 0.3) is 0 Å². The SMILES string of the molecule is C[C@@H](c1ccccc1)N(C(=O)c1ccc(CN2CCCC2=O)cc1)C1CCCC1. The third-order valence-electron chi connectivity index (χ3n) is 6.40. The van der Waals surface area contributed by atoms with Crippen molar-refractivity contribution in [2.24, 2.45) is 0 Å². The molecule has 0 unspecified atom stereocenters. The summed E-state index contributed by atoms with van der Waals surface area (Å²) in [6.45, 7) is 3.61. The zero-order valence-electron chi connectivity index (χ0n) is 17.2. The summed E-state index contributed by atoms with van der Waals surface area (Å²) in [6, 6.07) is 18.5. The molecule has 1 saturated carbocycles. The smallest absolute Gasteiger partial charge is 0.254 e. The van der Waals surface area contributed by atoms with Crippen molar-refractivity contribution >= 4 is 11.8 Å². The van der Waals surface area contributed by atoms with Gasteiger partial charge in [0.05, 0.1) is 6.04 Å². The van der Waals surface area contributed by atoms with Crippen LogP contribution in [0.1, 0.15) is 73.0 Å². The summed E-state index contributed by atoms with van der Waals surface area (Å²) in [7, 11) is 0. The van der Waals surface area contributed by atoms with Gasteiger partial charge in [0.2, 0.25) is 5.91 Å². The molecule has 0 spiro atoms. The summed E-state index contributed by atoms with van der Waals surface area (Å²) in [5.74, 6) is 0.339. The number of amides is 2. The van der Waals surface area contributed by atoms with Crippen LogP contribution in [0.2, 0.25) is 0 Å². The van der Waals surface area contributed by atoms with Crippen LogP contribution in [0.4, 0.5) is 0 Å². The monoisotopic (exact) mass is 390 g/mol. The van der Waals surface area contributed by atoms with E-state index in [0.717, 1.165) is 36.9 Å². The molecule has 2 aromatic rings. The van der Waals surface area contributed by atoms with Crippen molar-refractivity contribution in [3.05, 3.63) is 71.3 Å². The number of hydrogen-bond donors (Lipinski definition) is 0. The molecule has 4 heteroatoms. The lowest BCUT2D eigenvalue weighted by Crippen LogP contribution is -2.40. The molecule has 1 aliphatic heterocycles. The molecule has 2 aromatic carbocycles. The highest BCUT2D eigenvalue weighted by Gasteiger charge is 2.32. The molecule has 4 rings (SSSR count). The van der Waals surface area contributed by atoms with Gasteiger partial charge in [-0.1, -0.05) is 55.3 Å². The number of hydrogen-bond acceptors (Lipinski definition) is 2. The highest BCUT2D eigenvalue weighted by Crippen LogP contribution is 2.32. The van der Waals surface area contributed by atoms with Gasteiger partial charge in [-0.05, 0) is 49.4 Å². The summed E-state index contributed by atoms with van der Waals surface area (Å²) in [4.78, 5) is 29.4. The second-order valence-electron chi connectivity index (χ2n) is 8.35. The van der Waals surface area contributed by atoms with Crippen molar-refractivity contribution in [3.8, 4) is 0 Å². The topological polar surface area (TPSA) is 40.6 Å². The Morgan fingerprint density at radius 2 is 1.72 bits per heavy atom. The highest BCUT2D eigenvalue weighted by atomic mass is 16.2. The lowest BCUT2D eigenvalue weighted by atomic mass is 10.0. The summed E-state index contributed by atoms with van der Waals surface area (Å²) < 4.78 is 0. The molecular weight excluding hydrogens is 360 g/mol. The number of carbonyl (C=O) groups is 2. The van der Waals surface area contributed by atoms with Crippen LogP contribution < -0.4 is 0 Å². The molecule has 1 heterocycles. The predicted octanol–water partition coefficient (Wildman–Crippen LogP) is 4.96. The van der Waals surface area contributed by atoms with Gasteiger partial charge in [0.25, 0.3) is 5.91 Å². The molecule has 0 radical (unpaired) electrons. The molecule has 29 heavy (non-hydrogen) atoms. The maximum atomic E-state index is 13.5. The van der Waals surface area contributed by atoms with Gasteiger partial charge < -0.3 is 9.80 Å². The highest BCUT2D eigenvalue weighted by molar-refractivity contribution is 5.94. The third kappa shape index (κ3) is 4.36. The number of carbonyl (C=O) groups excluding carboxylic acids is 2. The van der Waals surface area contributed by atoms with E-state index < -0.39 is 0 Å². The van der Waals surface area contributed by atoms with Crippen molar-refractivity contribution in [2.45, 2.75) is 64.1 Å². The van der Waals surface area contributed by atoms with Gasteiger partial charge in [0, 0.05) is 31.1 Å². The molecule has 1 saturated heterocycles. The molecule has 152 valence electrons. The van der Waals surface area contributed by atoms with E-state index in [0.29, 0.717) is 19.0 Å². The van der Waals surface area contributed by atoms with E-state index in [1.54, 1.807) is 0 Å². The van der Waals surface area contributed by atoms with Crippen molar-refractivity contribution in [3.63, 3.8) is 0 Å². The maximum absolute atomic E-state index is 13.5. The summed E-state index contributed by atoms with van der Waals surface area (Å²) in [5.41, 5.74) is 2.99. The minimum atomic E-state index is 0.0497. The van der Waals surface area contributed by atoms with E-state index in [1.165, 1.54) is 18.4 Å². The Labute approximate surface area is 173 Å². The molecule has 1 atom stereocenters. The van der Waals surface area contributed by atoms with E-state index >= 15 is 0 Å². The van der Waals surface area contributed by atoms with Crippen molar-refractivity contribution < 1.29 is 9.59 Å². The second-order valence-corrected chi connectivity index (χ2v) is 8.35. The fourth-order valence-electron chi connectivity index (χ4n) is 4.73. The Morgan fingerprint density at radius 3 is 2.34 bits per heavy atom. The molecule has 2 aliphatic rings. The lowest BCUT2D eigenvalue weighted by molar-refractivity contribution is -0.128. The van der Waals surface area contributed by atoms with E-state index in [1.807, 2.05) is 47.4 Å². The van der Waals surface area contributed by atoms with Gasteiger partial charge in [-0.15, -0.1) is 0 Å². The summed E-state index contributed by atoms with van der Waals surface area (Å²) in [6.07, 6.45) is 6.15. The molecule has 2 fully saturated rings. The van der Waals surface area contributed by atoms with Gasteiger partial charge in [-0.3, -0.25) is 9.59 Å². The Kier molecular flexibility index (Phi) is 5.98. The summed E-state index contributed by atoms with van der Waals surface area (Å²) >= 11 is 0. The molecule has 0 aromatic heterocycles. The zero-order chi connectivity index (χ0) is 20.2. The molecule has 0 N–H and O–H groups in total. The minimum Gasteiger partial charge on any atom is -0.338 e. The van der Waals surface area contributed by atoms with Crippen LogP contribution in [0.15, 0.2) is 54.6 Å². The largest absolute Gasteiger partial charge is 0.338 e. The number of nitrogens with zero attached hydrogens (tertiary/aromatic N) is 2. The molecule has 1 aliphatic carbocycles. The zero-order valence-corrected chi connectivity index (χ0v) is 17.2. The van der Waals surface area contributed by atoms with E-state index in [2.05, 4.69) is 24.0 Å². The van der Waals surface area contributed by atoms with Crippen LogP contribution in [-0.2, 0) is 11.3 Å². The Hall–Kier alpha value is -2.62. The van der Waals surface area contributed by atoms with Gasteiger partial charge in [-0.2, -0.15) is 0 Å². The fourth-order valence-corrected chi connectivity index (χ4v) is 4.73. The predicted molar refractivity (Wildman–Crippen MR) is 114 cm³/mol. The van der Waals surface area contributed by atoms with Crippen LogP contribution >= 0.6 is 0 Å². The molecule has 2 amide bonds. The lowest BCUT2D eigenvalue weighted by Gasteiger charge is -2.35. The first kappa shape index (κ1) is 19.7. The maximum Gasteiger partial charge on any atom is 0.254 e. The van der Waals surface area contributed by atoms with Crippen molar-refractivity contribution in [1.82, 2.24) is 9.80 Å². The van der Waals surface area contributed by atoms with E-state index in [4.69, 9.17) is 0 Å². The van der Waals surface area contributed by atoms with Gasteiger partial charge in [-0.25, -0.2) is 0 Å². The first-order valence-corrected chi connectivity index (χ1v) is 10.9. The fraction of sp³-hybridized carbons (Fsp3) is 0.440. The standard InChI is InChI=1S/C25H30N2O2/c1-19(21-8-3-2-4-9-21)27(23-10-5-6-11-23)25(29)22-15-13-20(14-16-22)18-26-17-7-12-24(26)28/h2-4,8-9,13-16,19,23H,5-7,10-12,17-18H2,1H3/t19-/m0/s1. The minimum absolute atomic E-state index is 0.0497. The van der Waals surface area contributed by atoms with Crippen LogP contribution in [0.3, 0.4) is 0 Å². The number of likely N-dealkylation sites (tertiary alicyclic amines) is 1. The first-order valence-electron chi connectivity index (χ1n) is 10.9. The summed E-state index contributed by atoms with van der Waals surface area (Å²) in [5, 5.41) is 0. The Morgan fingerprint density at radius 1 is 1.03 bits per heavy atom. The Balaban J connectivity index is 1.53. The first-order chi connectivity index (χ1) is 14.1. The molecule has 0 bridgehead atoms. The van der Waals surface area contributed by atoms with Crippen molar-refractivity contribution in [1.29, 1.82) is 0 Å². The van der Waals surface area contributed by atoms with Gasteiger partial charge in [0.15, 0.2) is 0 Å². The number of benzene rings is 2. The average molecular weight is 391 g/mol. The van der Waals surface area contributed by atoms with Crippen LogP contribution in [0.5, 0.6) is 0 Å². The van der Waals surface area contributed by atoms with Gasteiger partial charge in [0.1, 0.15) is 0 Å². The van der Waals surface area contributed by atoms with Crippen LogP contribution in [0, 0.1) is 0 Å². The molecular formula is C25H30N2O2. The molecule has 4 nitrogen and oxygen atoms in total. The second kappa shape index (κ2) is 8.81. The third-order valence-corrected chi connectivity index (χ3v) is 6.40. The average Bonchev–Trinajstić information content (AvgIpc) is 3.42. The van der Waals surface area contributed by atoms with E-state index in [9.17, 15) is 9.59 Å². The Bertz CT molecular complexity index is 841. The number of rotatable bonds is 6. The van der Waals surface area contributed by atoms with E-state index in [-0.39, 0.29) is 17.9 Å². The normalized spacial score (nSPS) is 18.2. The quantitative estimate of drug-likeness (QED) is 0.700. The van der Waals surface area contributed by atoms with Crippen molar-refractivity contribution in [2.75, 3.05) is 6.54 Å².